The highest BCUT2D eigenvalue weighted by Gasteiger charge is 2.17. The van der Waals surface area contributed by atoms with Crippen LogP contribution in [-0.2, 0) is 17.0 Å². The second-order valence-corrected chi connectivity index (χ2v) is 5.55. The van der Waals surface area contributed by atoms with Crippen molar-refractivity contribution < 1.29 is 9.15 Å². The standard InChI is InChI=1S/C13H22N2O2S/c1-15-5-6-16-13(9-15)8-14-7-11-3-4-12(17-11)10-18-2/h3-4,13-14H,5-10H2,1-2H3/t13-/m0/s1. The fourth-order valence-corrected chi connectivity index (χ4v) is 2.52. The highest BCUT2D eigenvalue weighted by molar-refractivity contribution is 7.97. The molecule has 0 radical (unpaired) electrons. The first-order chi connectivity index (χ1) is 8.78. The molecule has 1 saturated heterocycles. The van der Waals surface area contributed by atoms with Crippen LogP contribution in [0.15, 0.2) is 16.5 Å². The van der Waals surface area contributed by atoms with Crippen molar-refractivity contribution in [1.29, 1.82) is 0 Å². The van der Waals surface area contributed by atoms with E-state index >= 15 is 0 Å². The maximum atomic E-state index is 5.70. The maximum absolute atomic E-state index is 5.70. The molecule has 1 aromatic heterocycles. The third kappa shape index (κ3) is 4.31. The SMILES string of the molecule is CSCc1ccc(CNC[C@H]2CN(C)CCO2)o1. The lowest BCUT2D eigenvalue weighted by atomic mass is 10.3. The molecule has 18 heavy (non-hydrogen) atoms. The van der Waals surface area contributed by atoms with Gasteiger partial charge in [0.1, 0.15) is 11.5 Å². The van der Waals surface area contributed by atoms with Crippen molar-refractivity contribution in [3.05, 3.63) is 23.7 Å². The molecule has 0 saturated carbocycles. The summed E-state index contributed by atoms with van der Waals surface area (Å²) in [6.45, 7) is 4.53. The largest absolute Gasteiger partial charge is 0.464 e. The van der Waals surface area contributed by atoms with Crippen LogP contribution < -0.4 is 5.32 Å². The van der Waals surface area contributed by atoms with Gasteiger partial charge in [-0.3, -0.25) is 0 Å². The fraction of sp³-hybridized carbons (Fsp3) is 0.692. The third-order valence-corrected chi connectivity index (χ3v) is 3.59. The zero-order valence-corrected chi connectivity index (χ0v) is 12.0. The summed E-state index contributed by atoms with van der Waals surface area (Å²) < 4.78 is 11.4. The molecule has 1 aliphatic rings. The van der Waals surface area contributed by atoms with Crippen molar-refractivity contribution in [3.8, 4) is 0 Å². The number of hydrogen-bond acceptors (Lipinski definition) is 5. The van der Waals surface area contributed by atoms with E-state index in [4.69, 9.17) is 9.15 Å². The van der Waals surface area contributed by atoms with E-state index in [0.717, 1.165) is 50.1 Å². The van der Waals surface area contributed by atoms with Gasteiger partial charge in [0.15, 0.2) is 0 Å². The van der Waals surface area contributed by atoms with Gasteiger partial charge in [0, 0.05) is 19.6 Å². The number of ether oxygens (including phenoxy) is 1. The third-order valence-electron chi connectivity index (χ3n) is 3.02. The van der Waals surface area contributed by atoms with Crippen LogP contribution >= 0.6 is 11.8 Å². The van der Waals surface area contributed by atoms with Crippen molar-refractivity contribution in [1.82, 2.24) is 10.2 Å². The number of nitrogens with zero attached hydrogens (tertiary/aromatic N) is 1. The van der Waals surface area contributed by atoms with Crippen LogP contribution in [0.2, 0.25) is 0 Å². The van der Waals surface area contributed by atoms with E-state index < -0.39 is 0 Å². The topological polar surface area (TPSA) is 37.6 Å². The molecule has 4 nitrogen and oxygen atoms in total. The van der Waals surface area contributed by atoms with Crippen molar-refractivity contribution in [2.75, 3.05) is 39.5 Å². The van der Waals surface area contributed by atoms with Crippen molar-refractivity contribution in [3.63, 3.8) is 0 Å². The Morgan fingerprint density at radius 1 is 1.44 bits per heavy atom. The minimum Gasteiger partial charge on any atom is -0.464 e. The monoisotopic (exact) mass is 270 g/mol. The highest BCUT2D eigenvalue weighted by atomic mass is 32.2. The summed E-state index contributed by atoms with van der Waals surface area (Å²) in [5, 5.41) is 3.40. The van der Waals surface area contributed by atoms with E-state index in [0.29, 0.717) is 6.10 Å². The van der Waals surface area contributed by atoms with Crippen LogP contribution in [-0.4, -0.2) is 50.5 Å². The van der Waals surface area contributed by atoms with Gasteiger partial charge in [-0.15, -0.1) is 0 Å². The predicted octanol–water partition coefficient (Wildman–Crippen LogP) is 1.56. The second kappa shape index (κ2) is 7.19. The number of furan rings is 1. The molecule has 2 heterocycles. The molecule has 0 bridgehead atoms. The zero-order chi connectivity index (χ0) is 12.8. The van der Waals surface area contributed by atoms with Crippen LogP contribution in [0.1, 0.15) is 11.5 Å². The predicted molar refractivity (Wildman–Crippen MR) is 74.9 cm³/mol. The van der Waals surface area contributed by atoms with E-state index in [2.05, 4.69) is 29.6 Å². The molecule has 1 fully saturated rings. The van der Waals surface area contributed by atoms with Crippen LogP contribution in [0, 0.1) is 0 Å². The van der Waals surface area contributed by atoms with Crippen LogP contribution in [0.5, 0.6) is 0 Å². The smallest absolute Gasteiger partial charge is 0.118 e. The average molecular weight is 270 g/mol. The Morgan fingerprint density at radius 3 is 3.06 bits per heavy atom. The number of hydrogen-bond donors (Lipinski definition) is 1. The first-order valence-corrected chi connectivity index (χ1v) is 7.74. The summed E-state index contributed by atoms with van der Waals surface area (Å²) in [5.74, 6) is 2.99. The molecule has 102 valence electrons. The first kappa shape index (κ1) is 13.9. The molecule has 5 heteroatoms. The summed E-state index contributed by atoms with van der Waals surface area (Å²) >= 11 is 1.78. The van der Waals surface area contributed by atoms with Gasteiger partial charge in [-0.05, 0) is 25.4 Å². The van der Waals surface area contributed by atoms with Gasteiger partial charge in [-0.2, -0.15) is 11.8 Å². The van der Waals surface area contributed by atoms with Crippen molar-refractivity contribution >= 4 is 11.8 Å². The Labute approximate surface area is 113 Å². The van der Waals surface area contributed by atoms with E-state index in [1.807, 2.05) is 6.07 Å². The molecule has 0 amide bonds. The average Bonchev–Trinajstić information content (AvgIpc) is 2.78. The minimum absolute atomic E-state index is 0.296. The molecule has 0 spiro atoms. The summed E-state index contributed by atoms with van der Waals surface area (Å²) in [6.07, 6.45) is 2.38. The van der Waals surface area contributed by atoms with E-state index in [-0.39, 0.29) is 0 Å². The second-order valence-electron chi connectivity index (χ2n) is 4.69. The molecule has 0 aromatic carbocycles. The molecule has 1 N–H and O–H groups in total. The minimum atomic E-state index is 0.296. The van der Waals surface area contributed by atoms with Gasteiger partial charge in [-0.25, -0.2) is 0 Å². The molecule has 0 aliphatic carbocycles. The van der Waals surface area contributed by atoms with Crippen molar-refractivity contribution in [2.45, 2.75) is 18.4 Å². The van der Waals surface area contributed by atoms with Crippen LogP contribution in [0.25, 0.3) is 0 Å². The Balaban J connectivity index is 1.67. The van der Waals surface area contributed by atoms with Crippen LogP contribution in [0.3, 0.4) is 0 Å². The van der Waals surface area contributed by atoms with Gasteiger partial charge in [0.05, 0.1) is 25.0 Å². The number of morpholine rings is 1. The number of likely N-dealkylation sites (N-methyl/N-ethyl adjacent to an activating group) is 1. The molecule has 1 aliphatic heterocycles. The molecule has 1 atom stereocenters. The molecule has 1 aromatic rings. The quantitative estimate of drug-likeness (QED) is 0.849. The Morgan fingerprint density at radius 2 is 2.28 bits per heavy atom. The number of nitrogens with one attached hydrogen (secondary N) is 1. The number of rotatable bonds is 6. The molecule has 2 rings (SSSR count). The highest BCUT2D eigenvalue weighted by Crippen LogP contribution is 2.13. The normalized spacial score (nSPS) is 21.3. The van der Waals surface area contributed by atoms with Crippen molar-refractivity contribution in [2.24, 2.45) is 0 Å². The van der Waals surface area contributed by atoms with Gasteiger partial charge in [-0.1, -0.05) is 0 Å². The molecular formula is C13H22N2O2S. The maximum Gasteiger partial charge on any atom is 0.118 e. The lowest BCUT2D eigenvalue weighted by molar-refractivity contribution is -0.0183. The lowest BCUT2D eigenvalue weighted by Crippen LogP contribution is -2.44. The van der Waals surface area contributed by atoms with E-state index in [1.165, 1.54) is 0 Å². The molecular weight excluding hydrogens is 248 g/mol. The summed E-state index contributed by atoms with van der Waals surface area (Å²) in [4.78, 5) is 2.30. The summed E-state index contributed by atoms with van der Waals surface area (Å²) in [6, 6.07) is 4.10. The van der Waals surface area contributed by atoms with E-state index in [9.17, 15) is 0 Å². The van der Waals surface area contributed by atoms with Gasteiger partial charge >= 0.3 is 0 Å². The fourth-order valence-electron chi connectivity index (χ4n) is 2.08. The van der Waals surface area contributed by atoms with Gasteiger partial charge in [0.2, 0.25) is 0 Å². The Bertz CT molecular complexity index is 357. The van der Waals surface area contributed by atoms with Gasteiger partial charge in [0.25, 0.3) is 0 Å². The number of thioether (sulfide) groups is 1. The molecule has 0 unspecified atom stereocenters. The lowest BCUT2D eigenvalue weighted by Gasteiger charge is -2.30. The Hall–Kier alpha value is -0.490. The summed E-state index contributed by atoms with van der Waals surface area (Å²) in [7, 11) is 2.14. The van der Waals surface area contributed by atoms with E-state index in [1.54, 1.807) is 11.8 Å². The zero-order valence-electron chi connectivity index (χ0n) is 11.1. The summed E-state index contributed by atoms with van der Waals surface area (Å²) in [5.41, 5.74) is 0. The van der Waals surface area contributed by atoms with Gasteiger partial charge < -0.3 is 19.4 Å². The first-order valence-electron chi connectivity index (χ1n) is 6.35. The Kier molecular flexibility index (Phi) is 5.56. The van der Waals surface area contributed by atoms with Crippen LogP contribution in [0.4, 0.5) is 0 Å².